The summed E-state index contributed by atoms with van der Waals surface area (Å²) in [6, 6.07) is 1.25. The summed E-state index contributed by atoms with van der Waals surface area (Å²) >= 11 is 0. The predicted molar refractivity (Wildman–Crippen MR) is 49.7 cm³/mol. The molecule has 5 nitrogen and oxygen atoms in total. The molecule has 0 radical (unpaired) electrons. The van der Waals surface area contributed by atoms with Gasteiger partial charge in [0.1, 0.15) is 5.69 Å². The van der Waals surface area contributed by atoms with Crippen LogP contribution in [0.3, 0.4) is 0 Å². The van der Waals surface area contributed by atoms with Crippen LogP contribution >= 0.6 is 0 Å². The van der Waals surface area contributed by atoms with E-state index < -0.39 is 5.56 Å². The van der Waals surface area contributed by atoms with Gasteiger partial charge in [0.25, 0.3) is 11.5 Å². The van der Waals surface area contributed by atoms with Gasteiger partial charge in [-0.15, -0.1) is 0 Å². The highest BCUT2D eigenvalue weighted by Gasteiger charge is 2.21. The lowest BCUT2D eigenvalue weighted by Gasteiger charge is -2.26. The molecule has 1 aromatic rings. The lowest BCUT2D eigenvalue weighted by Crippen LogP contribution is -2.38. The van der Waals surface area contributed by atoms with Crippen LogP contribution in [0.5, 0.6) is 0 Å². The molecule has 0 aliphatic carbocycles. The zero-order valence-corrected chi connectivity index (χ0v) is 7.51. The molecule has 0 spiro atoms. The van der Waals surface area contributed by atoms with Crippen molar-refractivity contribution in [1.29, 1.82) is 0 Å². The third-order valence-electron chi connectivity index (χ3n) is 2.18. The fraction of sp³-hybridized carbons (Fsp3) is 0.222. The van der Waals surface area contributed by atoms with Crippen LogP contribution < -0.4 is 5.56 Å². The topological polar surface area (TPSA) is 55.2 Å². The van der Waals surface area contributed by atoms with E-state index in [4.69, 9.17) is 0 Å². The minimum absolute atomic E-state index is 0.203. The second-order valence-electron chi connectivity index (χ2n) is 2.99. The molecule has 5 heteroatoms. The molecule has 14 heavy (non-hydrogen) atoms. The van der Waals surface area contributed by atoms with Gasteiger partial charge in [-0.1, -0.05) is 6.58 Å². The molecular weight excluding hydrogens is 182 g/mol. The summed E-state index contributed by atoms with van der Waals surface area (Å²) < 4.78 is 1.67. The molecule has 0 bridgehead atoms. The number of hydrogen-bond acceptors (Lipinski definition) is 3. The number of amides is 1. The number of nitrogens with zero attached hydrogens (tertiary/aromatic N) is 3. The van der Waals surface area contributed by atoms with Gasteiger partial charge in [-0.05, 0) is 0 Å². The van der Waals surface area contributed by atoms with Crippen molar-refractivity contribution in [2.24, 2.45) is 0 Å². The Morgan fingerprint density at radius 3 is 2.93 bits per heavy atom. The van der Waals surface area contributed by atoms with Crippen LogP contribution in [0.2, 0.25) is 0 Å². The van der Waals surface area contributed by atoms with E-state index in [1.807, 2.05) is 0 Å². The third-order valence-corrected chi connectivity index (χ3v) is 2.18. The van der Waals surface area contributed by atoms with Gasteiger partial charge in [0.2, 0.25) is 0 Å². The quantitative estimate of drug-likeness (QED) is 0.620. The summed E-state index contributed by atoms with van der Waals surface area (Å²) in [7, 11) is 0. The van der Waals surface area contributed by atoms with Gasteiger partial charge in [0.05, 0.1) is 6.33 Å². The molecule has 2 rings (SSSR count). The Bertz CT molecular complexity index is 450. The zero-order valence-electron chi connectivity index (χ0n) is 7.51. The summed E-state index contributed by atoms with van der Waals surface area (Å²) in [5, 5.41) is 0. The highest BCUT2D eigenvalue weighted by Crippen LogP contribution is 2.09. The first kappa shape index (κ1) is 8.68. The maximum absolute atomic E-state index is 11.7. The lowest BCUT2D eigenvalue weighted by atomic mass is 10.2. The Morgan fingerprint density at radius 1 is 1.43 bits per heavy atom. The number of hydrogen-bond donors (Lipinski definition) is 0. The standard InChI is InChI=1S/C9H9N3O2/c1-2-11-3-4-12-6-10-8(13)5-7(12)9(11)14/h2,5-6H,1,3-4H2. The Balaban J connectivity index is 2.53. The van der Waals surface area contributed by atoms with Crippen LogP contribution in [-0.2, 0) is 6.54 Å². The maximum Gasteiger partial charge on any atom is 0.274 e. The van der Waals surface area contributed by atoms with Gasteiger partial charge in [-0.3, -0.25) is 9.59 Å². The minimum Gasteiger partial charge on any atom is -0.326 e. The van der Waals surface area contributed by atoms with Gasteiger partial charge in [0, 0.05) is 25.4 Å². The van der Waals surface area contributed by atoms with E-state index in [0.717, 1.165) is 0 Å². The van der Waals surface area contributed by atoms with Crippen LogP contribution in [0.1, 0.15) is 10.5 Å². The fourth-order valence-electron chi connectivity index (χ4n) is 1.43. The summed E-state index contributed by atoms with van der Waals surface area (Å²) in [4.78, 5) is 27.7. The van der Waals surface area contributed by atoms with E-state index in [1.165, 1.54) is 23.5 Å². The number of carbonyl (C=O) groups excluding carboxylic acids is 1. The normalized spacial score (nSPS) is 15.1. The molecule has 0 N–H and O–H groups in total. The number of fused-ring (bicyclic) bond motifs is 1. The van der Waals surface area contributed by atoms with Gasteiger partial charge in [-0.2, -0.15) is 4.98 Å². The Kier molecular flexibility index (Phi) is 1.92. The maximum atomic E-state index is 11.7. The van der Waals surface area contributed by atoms with E-state index in [1.54, 1.807) is 4.57 Å². The Hall–Kier alpha value is -1.91. The van der Waals surface area contributed by atoms with Crippen LogP contribution in [0.25, 0.3) is 0 Å². The molecule has 1 amide bonds. The average Bonchev–Trinajstić information content (AvgIpc) is 2.20. The SMILES string of the molecule is C=CN1CCn2cnc(=O)cc2C1=O. The van der Waals surface area contributed by atoms with Crippen LogP contribution in [0.4, 0.5) is 0 Å². The van der Waals surface area contributed by atoms with Crippen molar-refractivity contribution in [3.63, 3.8) is 0 Å². The number of aromatic nitrogens is 2. The van der Waals surface area contributed by atoms with Crippen molar-refractivity contribution in [2.45, 2.75) is 6.54 Å². The second-order valence-corrected chi connectivity index (χ2v) is 2.99. The molecule has 0 aromatic carbocycles. The molecule has 0 unspecified atom stereocenters. The molecule has 2 heterocycles. The van der Waals surface area contributed by atoms with Crippen molar-refractivity contribution in [3.8, 4) is 0 Å². The van der Waals surface area contributed by atoms with Crippen molar-refractivity contribution in [1.82, 2.24) is 14.5 Å². The van der Waals surface area contributed by atoms with Gasteiger partial charge in [-0.25, -0.2) is 0 Å². The number of carbonyl (C=O) groups is 1. The van der Waals surface area contributed by atoms with Crippen LogP contribution in [0.15, 0.2) is 30.0 Å². The monoisotopic (exact) mass is 191 g/mol. The van der Waals surface area contributed by atoms with Crippen molar-refractivity contribution in [3.05, 3.63) is 41.2 Å². The van der Waals surface area contributed by atoms with Gasteiger partial charge in [0.15, 0.2) is 0 Å². The lowest BCUT2D eigenvalue weighted by molar-refractivity contribution is 0.0777. The minimum atomic E-state index is -0.393. The van der Waals surface area contributed by atoms with E-state index in [9.17, 15) is 9.59 Å². The fourth-order valence-corrected chi connectivity index (χ4v) is 1.43. The largest absolute Gasteiger partial charge is 0.326 e. The summed E-state index contributed by atoms with van der Waals surface area (Å²) in [6.07, 6.45) is 2.87. The van der Waals surface area contributed by atoms with Gasteiger partial charge < -0.3 is 9.47 Å². The summed E-state index contributed by atoms with van der Waals surface area (Å²) in [6.45, 7) is 4.74. The second kappa shape index (κ2) is 3.10. The third kappa shape index (κ3) is 1.22. The smallest absolute Gasteiger partial charge is 0.274 e. The zero-order chi connectivity index (χ0) is 10.1. The average molecular weight is 191 g/mol. The Morgan fingerprint density at radius 2 is 2.21 bits per heavy atom. The summed E-state index contributed by atoms with van der Waals surface area (Å²) in [5.74, 6) is -0.203. The van der Waals surface area contributed by atoms with E-state index >= 15 is 0 Å². The van der Waals surface area contributed by atoms with Crippen molar-refractivity contribution < 1.29 is 4.79 Å². The highest BCUT2D eigenvalue weighted by atomic mass is 16.2. The highest BCUT2D eigenvalue weighted by molar-refractivity contribution is 5.93. The molecule has 72 valence electrons. The van der Waals surface area contributed by atoms with E-state index in [0.29, 0.717) is 18.8 Å². The van der Waals surface area contributed by atoms with E-state index in [-0.39, 0.29) is 5.91 Å². The molecule has 1 aliphatic heterocycles. The molecular formula is C9H9N3O2. The predicted octanol–water partition coefficient (Wildman–Crippen LogP) is -0.157. The van der Waals surface area contributed by atoms with Gasteiger partial charge >= 0.3 is 0 Å². The summed E-state index contributed by atoms with van der Waals surface area (Å²) in [5.41, 5.74) is -0.0216. The van der Waals surface area contributed by atoms with Crippen molar-refractivity contribution >= 4 is 5.91 Å². The molecule has 0 saturated heterocycles. The first-order chi connectivity index (χ1) is 6.72. The molecule has 1 aliphatic rings. The first-order valence-electron chi connectivity index (χ1n) is 4.22. The van der Waals surface area contributed by atoms with E-state index in [2.05, 4.69) is 11.6 Å². The molecule has 0 fully saturated rings. The molecule has 0 saturated carbocycles. The first-order valence-corrected chi connectivity index (χ1v) is 4.22. The van der Waals surface area contributed by atoms with Crippen LogP contribution in [0, 0.1) is 0 Å². The Labute approximate surface area is 80.3 Å². The van der Waals surface area contributed by atoms with Crippen molar-refractivity contribution in [2.75, 3.05) is 6.54 Å². The number of rotatable bonds is 1. The molecule has 1 aromatic heterocycles. The molecule has 0 atom stereocenters. The van der Waals surface area contributed by atoms with Crippen LogP contribution in [-0.4, -0.2) is 26.9 Å².